The Morgan fingerprint density at radius 3 is 2.46 bits per heavy atom. The average Bonchev–Trinajstić information content (AvgIpc) is 3.46. The lowest BCUT2D eigenvalue weighted by Gasteiger charge is -2.36. The topological polar surface area (TPSA) is 41.4 Å². The van der Waals surface area contributed by atoms with Crippen LogP contribution < -0.4 is 10.5 Å². The lowest BCUT2D eigenvalue weighted by Crippen LogP contribution is -2.46. The van der Waals surface area contributed by atoms with Crippen LogP contribution in [0, 0.1) is 11.7 Å². The second-order valence-electron chi connectivity index (χ2n) is 7.16. The second kappa shape index (κ2) is 7.37. The van der Waals surface area contributed by atoms with E-state index in [0.29, 0.717) is 12.5 Å². The van der Waals surface area contributed by atoms with Gasteiger partial charge in [0.25, 0.3) is 5.56 Å². The summed E-state index contributed by atoms with van der Waals surface area (Å²) >= 11 is 6.35. The zero-order valence-electron chi connectivity index (χ0n) is 14.6. The van der Waals surface area contributed by atoms with Crippen LogP contribution in [0.25, 0.3) is 0 Å². The quantitative estimate of drug-likeness (QED) is 0.804. The Kier molecular flexibility index (Phi) is 4.96. The van der Waals surface area contributed by atoms with Gasteiger partial charge in [0.1, 0.15) is 10.8 Å². The third-order valence-electron chi connectivity index (χ3n) is 5.13. The molecule has 1 aromatic carbocycles. The molecule has 1 saturated heterocycles. The lowest BCUT2D eigenvalue weighted by molar-refractivity contribution is 0.249. The Balaban J connectivity index is 1.39. The molecule has 0 atom stereocenters. The van der Waals surface area contributed by atoms with E-state index in [1.165, 1.54) is 29.7 Å². The van der Waals surface area contributed by atoms with Crippen molar-refractivity contribution in [3.8, 4) is 0 Å². The summed E-state index contributed by atoms with van der Waals surface area (Å²) in [5, 5.41) is 4.59. The maximum Gasteiger partial charge on any atom is 0.287 e. The van der Waals surface area contributed by atoms with Gasteiger partial charge in [0.05, 0.1) is 11.9 Å². The van der Waals surface area contributed by atoms with E-state index in [9.17, 15) is 9.18 Å². The smallest absolute Gasteiger partial charge is 0.287 e. The van der Waals surface area contributed by atoms with Gasteiger partial charge in [-0.25, -0.2) is 9.07 Å². The lowest BCUT2D eigenvalue weighted by atomic mass is 10.2. The monoisotopic (exact) mass is 376 g/mol. The van der Waals surface area contributed by atoms with E-state index in [2.05, 4.69) is 14.9 Å². The van der Waals surface area contributed by atoms with E-state index in [1.807, 2.05) is 12.1 Å². The molecule has 2 fully saturated rings. The number of nitrogens with zero attached hydrogens (tertiary/aromatic N) is 4. The number of piperazine rings is 1. The highest BCUT2D eigenvalue weighted by molar-refractivity contribution is 6.33. The maximum atomic E-state index is 13.0. The molecule has 0 N–H and O–H groups in total. The van der Waals surface area contributed by atoms with E-state index < -0.39 is 0 Å². The van der Waals surface area contributed by atoms with Gasteiger partial charge < -0.3 is 4.90 Å². The molecule has 5 nitrogen and oxygen atoms in total. The van der Waals surface area contributed by atoms with Gasteiger partial charge in [-0.3, -0.25) is 9.69 Å². The third kappa shape index (κ3) is 3.91. The molecule has 2 heterocycles. The molecule has 26 heavy (non-hydrogen) atoms. The first-order valence-electron chi connectivity index (χ1n) is 9.07. The van der Waals surface area contributed by atoms with E-state index >= 15 is 0 Å². The molecular weight excluding hydrogens is 355 g/mol. The van der Waals surface area contributed by atoms with Gasteiger partial charge in [0.15, 0.2) is 0 Å². The first-order chi connectivity index (χ1) is 12.6. The number of halogens is 2. The molecule has 1 aliphatic heterocycles. The number of hydrogen-bond acceptors (Lipinski definition) is 4. The fourth-order valence-corrected chi connectivity index (χ4v) is 3.61. The SMILES string of the molecule is O=c1c(Cl)c(N2CCN(Cc3ccc(F)cc3)CC2)cnn1CC1CC1. The molecule has 2 aromatic rings. The van der Waals surface area contributed by atoms with Crippen LogP contribution in [0.15, 0.2) is 35.3 Å². The van der Waals surface area contributed by atoms with Crippen LogP contribution in [0.4, 0.5) is 10.1 Å². The standard InChI is InChI=1S/C19H22ClFN4O/c20-18-17(11-22-25(19(18)26)13-15-1-2-15)24-9-7-23(8-10-24)12-14-3-5-16(21)6-4-14/h3-6,11,15H,1-2,7-10,12-13H2. The van der Waals surface area contributed by atoms with Crippen LogP contribution in [-0.4, -0.2) is 40.9 Å². The maximum absolute atomic E-state index is 13.0. The Hall–Kier alpha value is -1.92. The summed E-state index contributed by atoms with van der Waals surface area (Å²) in [6, 6.07) is 6.63. The Morgan fingerprint density at radius 2 is 1.81 bits per heavy atom. The van der Waals surface area contributed by atoms with Crippen LogP contribution >= 0.6 is 11.6 Å². The van der Waals surface area contributed by atoms with Crippen LogP contribution in [0.3, 0.4) is 0 Å². The number of anilines is 1. The van der Waals surface area contributed by atoms with Crippen LogP contribution in [0.1, 0.15) is 18.4 Å². The van der Waals surface area contributed by atoms with Crippen molar-refractivity contribution in [2.75, 3.05) is 31.1 Å². The molecule has 138 valence electrons. The minimum Gasteiger partial charge on any atom is -0.366 e. The van der Waals surface area contributed by atoms with E-state index in [1.54, 1.807) is 6.20 Å². The number of benzene rings is 1. The first kappa shape index (κ1) is 17.5. The Bertz CT molecular complexity index is 826. The van der Waals surface area contributed by atoms with Gasteiger partial charge in [-0.15, -0.1) is 0 Å². The number of aromatic nitrogens is 2. The van der Waals surface area contributed by atoms with Crippen LogP contribution in [0.5, 0.6) is 0 Å². The van der Waals surface area contributed by atoms with Gasteiger partial charge in [0.2, 0.25) is 0 Å². The molecule has 0 radical (unpaired) electrons. The minimum atomic E-state index is -0.211. The average molecular weight is 377 g/mol. The van der Waals surface area contributed by atoms with Gasteiger partial charge >= 0.3 is 0 Å². The summed E-state index contributed by atoms with van der Waals surface area (Å²) in [6.07, 6.45) is 4.06. The van der Waals surface area contributed by atoms with Crippen molar-refractivity contribution < 1.29 is 4.39 Å². The highest BCUT2D eigenvalue weighted by Gasteiger charge is 2.25. The molecule has 1 aliphatic carbocycles. The van der Waals surface area contributed by atoms with Crippen molar-refractivity contribution in [1.29, 1.82) is 0 Å². The second-order valence-corrected chi connectivity index (χ2v) is 7.54. The summed E-state index contributed by atoms with van der Waals surface area (Å²) in [5.41, 5.74) is 1.64. The largest absolute Gasteiger partial charge is 0.366 e. The van der Waals surface area contributed by atoms with Crippen molar-refractivity contribution in [1.82, 2.24) is 14.7 Å². The molecule has 1 aromatic heterocycles. The van der Waals surface area contributed by atoms with Gasteiger partial charge in [-0.1, -0.05) is 23.7 Å². The first-order valence-corrected chi connectivity index (χ1v) is 9.45. The summed E-state index contributed by atoms with van der Waals surface area (Å²) in [5.74, 6) is 0.370. The van der Waals surface area contributed by atoms with Crippen molar-refractivity contribution in [2.24, 2.45) is 5.92 Å². The van der Waals surface area contributed by atoms with Gasteiger partial charge in [-0.2, -0.15) is 5.10 Å². The van der Waals surface area contributed by atoms with Gasteiger partial charge in [0, 0.05) is 39.3 Å². The van der Waals surface area contributed by atoms with E-state index in [0.717, 1.165) is 44.0 Å². The third-order valence-corrected chi connectivity index (χ3v) is 5.48. The minimum absolute atomic E-state index is 0.190. The normalized spacial score (nSPS) is 18.3. The molecule has 7 heteroatoms. The molecule has 0 spiro atoms. The highest BCUT2D eigenvalue weighted by atomic mass is 35.5. The summed E-state index contributed by atoms with van der Waals surface area (Å²) < 4.78 is 14.5. The summed E-state index contributed by atoms with van der Waals surface area (Å²) in [4.78, 5) is 16.9. The van der Waals surface area contributed by atoms with Crippen molar-refractivity contribution in [3.05, 3.63) is 57.2 Å². The summed E-state index contributed by atoms with van der Waals surface area (Å²) in [7, 11) is 0. The molecule has 0 amide bonds. The van der Waals surface area contributed by atoms with Crippen molar-refractivity contribution >= 4 is 17.3 Å². The Labute approximate surface area is 157 Å². The predicted molar refractivity (Wildman–Crippen MR) is 100 cm³/mol. The molecule has 0 bridgehead atoms. The van der Waals surface area contributed by atoms with Crippen molar-refractivity contribution in [3.63, 3.8) is 0 Å². The molecule has 2 aliphatic rings. The molecule has 0 unspecified atom stereocenters. The van der Waals surface area contributed by atoms with Crippen LogP contribution in [0.2, 0.25) is 5.02 Å². The molecular formula is C19H22ClFN4O. The van der Waals surface area contributed by atoms with Crippen molar-refractivity contribution in [2.45, 2.75) is 25.9 Å². The number of rotatable bonds is 5. The molecule has 4 rings (SSSR count). The Morgan fingerprint density at radius 1 is 1.12 bits per heavy atom. The fourth-order valence-electron chi connectivity index (χ4n) is 3.35. The van der Waals surface area contributed by atoms with E-state index in [-0.39, 0.29) is 16.4 Å². The fraction of sp³-hybridized carbons (Fsp3) is 0.474. The number of hydrogen-bond donors (Lipinski definition) is 0. The highest BCUT2D eigenvalue weighted by Crippen LogP contribution is 2.30. The predicted octanol–water partition coefficient (Wildman–Crippen LogP) is 2.77. The van der Waals surface area contributed by atoms with Crippen LogP contribution in [-0.2, 0) is 13.1 Å². The summed E-state index contributed by atoms with van der Waals surface area (Å²) in [6.45, 7) is 4.76. The van der Waals surface area contributed by atoms with E-state index in [4.69, 9.17) is 11.6 Å². The van der Waals surface area contributed by atoms with Gasteiger partial charge in [-0.05, 0) is 36.5 Å². The molecule has 1 saturated carbocycles. The zero-order chi connectivity index (χ0) is 18.1. The zero-order valence-corrected chi connectivity index (χ0v) is 15.3.